The molecule has 6 heteroatoms. The number of aryl methyl sites for hydroxylation is 1. The maximum absolute atomic E-state index is 12.8. The summed E-state index contributed by atoms with van der Waals surface area (Å²) in [5, 5.41) is 0. The number of nitrogens with zero attached hydrogens (tertiary/aromatic N) is 3. The second-order valence-electron chi connectivity index (χ2n) is 3.92. The van der Waals surface area contributed by atoms with Gasteiger partial charge in [0.1, 0.15) is 0 Å². The molecule has 0 aliphatic carbocycles. The molecule has 18 heavy (non-hydrogen) atoms. The first kappa shape index (κ1) is 12.6. The van der Waals surface area contributed by atoms with Gasteiger partial charge in [0.25, 0.3) is 0 Å². The Kier molecular flexibility index (Phi) is 3.36. The SMILES string of the molecule is CCc1ncc(Cn2ccnc2)cc1C(F)(F)F. The molecule has 0 aliphatic heterocycles. The van der Waals surface area contributed by atoms with E-state index in [1.807, 2.05) is 0 Å². The lowest BCUT2D eigenvalue weighted by atomic mass is 10.1. The van der Waals surface area contributed by atoms with Gasteiger partial charge in [-0.05, 0) is 18.1 Å². The van der Waals surface area contributed by atoms with Crippen molar-refractivity contribution >= 4 is 0 Å². The van der Waals surface area contributed by atoms with Crippen LogP contribution in [-0.2, 0) is 19.1 Å². The fourth-order valence-corrected chi connectivity index (χ4v) is 1.74. The minimum Gasteiger partial charge on any atom is -0.333 e. The van der Waals surface area contributed by atoms with Crippen LogP contribution in [0.5, 0.6) is 0 Å². The predicted octanol–water partition coefficient (Wildman–Crippen LogP) is 2.91. The number of halogens is 3. The van der Waals surface area contributed by atoms with Gasteiger partial charge in [0.05, 0.1) is 24.1 Å². The van der Waals surface area contributed by atoms with E-state index in [0.29, 0.717) is 12.1 Å². The second-order valence-corrected chi connectivity index (χ2v) is 3.92. The summed E-state index contributed by atoms with van der Waals surface area (Å²) < 4.78 is 40.2. The zero-order valence-electron chi connectivity index (χ0n) is 9.78. The summed E-state index contributed by atoms with van der Waals surface area (Å²) in [6, 6.07) is 1.16. The fraction of sp³-hybridized carbons (Fsp3) is 0.333. The molecule has 2 aromatic rings. The van der Waals surface area contributed by atoms with Crippen molar-refractivity contribution in [3.05, 3.63) is 47.8 Å². The fourth-order valence-electron chi connectivity index (χ4n) is 1.74. The number of rotatable bonds is 3. The summed E-state index contributed by atoms with van der Waals surface area (Å²) in [4.78, 5) is 7.73. The number of aromatic nitrogens is 3. The molecule has 0 unspecified atom stereocenters. The van der Waals surface area contributed by atoms with Gasteiger partial charge in [-0.1, -0.05) is 6.92 Å². The molecule has 0 saturated heterocycles. The summed E-state index contributed by atoms with van der Waals surface area (Å²) >= 11 is 0. The van der Waals surface area contributed by atoms with E-state index in [9.17, 15) is 13.2 Å². The van der Waals surface area contributed by atoms with Crippen LogP contribution in [0, 0.1) is 0 Å². The second kappa shape index (κ2) is 4.80. The van der Waals surface area contributed by atoms with Crippen LogP contribution >= 0.6 is 0 Å². The third-order valence-corrected chi connectivity index (χ3v) is 2.59. The standard InChI is InChI=1S/C12H12F3N3/c1-2-11-10(12(13,14)15)5-9(6-17-11)7-18-4-3-16-8-18/h3-6,8H,2,7H2,1H3. The zero-order valence-corrected chi connectivity index (χ0v) is 9.78. The van der Waals surface area contributed by atoms with Crippen LogP contribution < -0.4 is 0 Å². The van der Waals surface area contributed by atoms with Crippen molar-refractivity contribution in [1.82, 2.24) is 14.5 Å². The number of imidazole rings is 1. The van der Waals surface area contributed by atoms with Gasteiger partial charge in [-0.2, -0.15) is 13.2 Å². The van der Waals surface area contributed by atoms with Crippen molar-refractivity contribution < 1.29 is 13.2 Å². The van der Waals surface area contributed by atoms with Gasteiger partial charge >= 0.3 is 6.18 Å². The van der Waals surface area contributed by atoms with E-state index in [1.54, 1.807) is 30.2 Å². The number of hydrogen-bond donors (Lipinski definition) is 0. The molecular formula is C12H12F3N3. The highest BCUT2D eigenvalue weighted by atomic mass is 19.4. The summed E-state index contributed by atoms with van der Waals surface area (Å²) in [6.07, 6.45) is 2.22. The molecule has 0 bridgehead atoms. The van der Waals surface area contributed by atoms with Crippen LogP contribution in [0.3, 0.4) is 0 Å². The van der Waals surface area contributed by atoms with Crippen molar-refractivity contribution in [3.63, 3.8) is 0 Å². The van der Waals surface area contributed by atoms with Crippen LogP contribution in [0.15, 0.2) is 31.0 Å². The third kappa shape index (κ3) is 2.69. The molecule has 2 aromatic heterocycles. The molecule has 0 spiro atoms. The lowest BCUT2D eigenvalue weighted by Gasteiger charge is -2.12. The number of pyridine rings is 1. The van der Waals surface area contributed by atoms with Gasteiger partial charge in [-0.25, -0.2) is 4.98 Å². The van der Waals surface area contributed by atoms with E-state index >= 15 is 0 Å². The molecule has 0 N–H and O–H groups in total. The summed E-state index contributed by atoms with van der Waals surface area (Å²) in [6.45, 7) is 1.99. The average molecular weight is 255 g/mol. The minimum absolute atomic E-state index is 0.0804. The van der Waals surface area contributed by atoms with Crippen LogP contribution in [0.25, 0.3) is 0 Å². The first-order valence-corrected chi connectivity index (χ1v) is 5.51. The number of hydrogen-bond acceptors (Lipinski definition) is 2. The lowest BCUT2D eigenvalue weighted by Crippen LogP contribution is -2.12. The molecule has 0 saturated carbocycles. The van der Waals surface area contributed by atoms with E-state index in [0.717, 1.165) is 6.07 Å². The largest absolute Gasteiger partial charge is 0.418 e. The van der Waals surface area contributed by atoms with E-state index in [4.69, 9.17) is 0 Å². The molecule has 3 nitrogen and oxygen atoms in total. The van der Waals surface area contributed by atoms with Crippen LogP contribution in [0.1, 0.15) is 23.7 Å². The molecule has 0 amide bonds. The van der Waals surface area contributed by atoms with Crippen molar-refractivity contribution in [2.24, 2.45) is 0 Å². The van der Waals surface area contributed by atoms with Crippen LogP contribution in [0.2, 0.25) is 0 Å². The van der Waals surface area contributed by atoms with Crippen LogP contribution in [-0.4, -0.2) is 14.5 Å². The topological polar surface area (TPSA) is 30.7 Å². The van der Waals surface area contributed by atoms with Crippen molar-refractivity contribution in [3.8, 4) is 0 Å². The number of alkyl halides is 3. The zero-order chi connectivity index (χ0) is 13.2. The summed E-state index contributed by atoms with van der Waals surface area (Å²) in [5.74, 6) is 0. The van der Waals surface area contributed by atoms with E-state index in [-0.39, 0.29) is 12.1 Å². The maximum Gasteiger partial charge on any atom is 0.418 e. The highest BCUT2D eigenvalue weighted by Gasteiger charge is 2.33. The summed E-state index contributed by atoms with van der Waals surface area (Å²) in [7, 11) is 0. The van der Waals surface area contributed by atoms with Crippen LogP contribution in [0.4, 0.5) is 13.2 Å². The molecule has 0 aliphatic rings. The molecule has 0 aromatic carbocycles. The Labute approximate surface area is 102 Å². The van der Waals surface area contributed by atoms with Gasteiger partial charge in [0.2, 0.25) is 0 Å². The highest BCUT2D eigenvalue weighted by molar-refractivity contribution is 5.28. The van der Waals surface area contributed by atoms with E-state index in [1.165, 1.54) is 6.20 Å². The van der Waals surface area contributed by atoms with Crippen molar-refractivity contribution in [1.29, 1.82) is 0 Å². The Bertz CT molecular complexity index is 518. The van der Waals surface area contributed by atoms with E-state index in [2.05, 4.69) is 9.97 Å². The molecule has 0 fully saturated rings. The first-order valence-electron chi connectivity index (χ1n) is 5.51. The average Bonchev–Trinajstić information content (AvgIpc) is 2.80. The predicted molar refractivity (Wildman–Crippen MR) is 59.9 cm³/mol. The van der Waals surface area contributed by atoms with Crippen molar-refractivity contribution in [2.45, 2.75) is 26.1 Å². The summed E-state index contributed by atoms with van der Waals surface area (Å²) in [5.41, 5.74) is -0.0583. The van der Waals surface area contributed by atoms with Gasteiger partial charge in [-0.15, -0.1) is 0 Å². The van der Waals surface area contributed by atoms with Gasteiger partial charge < -0.3 is 4.57 Å². The molecular weight excluding hydrogens is 243 g/mol. The Morgan fingerprint density at radius 1 is 1.33 bits per heavy atom. The Morgan fingerprint density at radius 3 is 2.67 bits per heavy atom. The van der Waals surface area contributed by atoms with Gasteiger partial charge in [0.15, 0.2) is 0 Å². The molecule has 2 rings (SSSR count). The quantitative estimate of drug-likeness (QED) is 0.844. The molecule has 0 atom stereocenters. The monoisotopic (exact) mass is 255 g/mol. The van der Waals surface area contributed by atoms with Gasteiger partial charge in [-0.3, -0.25) is 4.98 Å². The smallest absolute Gasteiger partial charge is 0.333 e. The Morgan fingerprint density at radius 2 is 2.11 bits per heavy atom. The lowest BCUT2D eigenvalue weighted by molar-refractivity contribution is -0.138. The third-order valence-electron chi connectivity index (χ3n) is 2.59. The van der Waals surface area contributed by atoms with E-state index < -0.39 is 11.7 Å². The molecule has 2 heterocycles. The minimum atomic E-state index is -4.36. The van der Waals surface area contributed by atoms with Crippen molar-refractivity contribution in [2.75, 3.05) is 0 Å². The highest BCUT2D eigenvalue weighted by Crippen LogP contribution is 2.32. The van der Waals surface area contributed by atoms with Gasteiger partial charge in [0, 0.05) is 18.6 Å². The first-order chi connectivity index (χ1) is 8.50. The Balaban J connectivity index is 2.34. The Hall–Kier alpha value is -1.85. The molecule has 96 valence electrons. The normalized spacial score (nSPS) is 11.8. The maximum atomic E-state index is 12.8. The molecule has 0 radical (unpaired) electrons.